The van der Waals surface area contributed by atoms with Gasteiger partial charge in [0.25, 0.3) is 5.91 Å². The number of benzene rings is 1. The molecule has 1 aromatic heterocycles. The molecule has 1 aliphatic rings. The molecule has 1 aromatic carbocycles. The number of rotatable bonds is 4. The van der Waals surface area contributed by atoms with E-state index >= 15 is 0 Å². The first kappa shape index (κ1) is 16.5. The van der Waals surface area contributed by atoms with Gasteiger partial charge in [0.05, 0.1) is 30.5 Å². The van der Waals surface area contributed by atoms with Crippen molar-refractivity contribution >= 4 is 5.91 Å². The summed E-state index contributed by atoms with van der Waals surface area (Å²) in [6, 6.07) is 4.01. The maximum atomic E-state index is 14.5. The lowest BCUT2D eigenvalue weighted by Crippen LogP contribution is -2.49. The number of morpholine rings is 1. The van der Waals surface area contributed by atoms with Gasteiger partial charge in [0.2, 0.25) is 0 Å². The van der Waals surface area contributed by atoms with Crippen LogP contribution < -0.4 is 0 Å². The number of halogens is 1. The molecule has 2 heterocycles. The van der Waals surface area contributed by atoms with Gasteiger partial charge in [0.1, 0.15) is 5.82 Å². The Morgan fingerprint density at radius 3 is 3.00 bits per heavy atom. The third kappa shape index (κ3) is 3.13. The van der Waals surface area contributed by atoms with Crippen molar-refractivity contribution in [3.63, 3.8) is 0 Å². The number of amides is 1. The van der Waals surface area contributed by atoms with Gasteiger partial charge in [-0.3, -0.25) is 4.79 Å². The number of aryl methyl sites for hydroxylation is 1. The van der Waals surface area contributed by atoms with Gasteiger partial charge >= 0.3 is 0 Å². The lowest BCUT2D eigenvalue weighted by molar-refractivity contribution is -0.00851. The molecule has 3 rings (SSSR count). The summed E-state index contributed by atoms with van der Waals surface area (Å²) in [5.41, 5.74) is 0.426. The zero-order chi connectivity index (χ0) is 17.1. The molecule has 1 fully saturated rings. The fourth-order valence-corrected chi connectivity index (χ4v) is 2.74. The highest BCUT2D eigenvalue weighted by Gasteiger charge is 2.29. The molecule has 24 heavy (non-hydrogen) atoms. The minimum atomic E-state index is -0.637. The Morgan fingerprint density at radius 1 is 1.50 bits per heavy atom. The molecule has 0 radical (unpaired) electrons. The maximum absolute atomic E-state index is 14.5. The summed E-state index contributed by atoms with van der Waals surface area (Å²) >= 11 is 0. The lowest BCUT2D eigenvalue weighted by atomic mass is 10.1. The van der Waals surface area contributed by atoms with Gasteiger partial charge in [-0.2, -0.15) is 4.68 Å². The summed E-state index contributed by atoms with van der Waals surface area (Å²) in [4.78, 5) is 14.2. The van der Waals surface area contributed by atoms with Crippen LogP contribution in [0.25, 0.3) is 5.69 Å². The average Bonchev–Trinajstić information content (AvgIpc) is 3.01. The Hall–Kier alpha value is -2.39. The van der Waals surface area contributed by atoms with Crippen molar-refractivity contribution in [2.45, 2.75) is 19.4 Å². The molecule has 1 saturated heterocycles. The van der Waals surface area contributed by atoms with Crippen LogP contribution in [0.15, 0.2) is 18.2 Å². The van der Waals surface area contributed by atoms with Crippen LogP contribution in [0.4, 0.5) is 4.39 Å². The first-order valence-electron chi connectivity index (χ1n) is 7.66. The zero-order valence-corrected chi connectivity index (χ0v) is 13.2. The summed E-state index contributed by atoms with van der Waals surface area (Å²) in [6.07, 6.45) is 0.398. The number of aliphatic hydroxyl groups excluding tert-OH is 1. The Kier molecular flexibility index (Phi) is 4.81. The molecule has 1 unspecified atom stereocenters. The van der Waals surface area contributed by atoms with Crippen molar-refractivity contribution in [3.8, 4) is 5.69 Å². The second-order valence-electron chi connectivity index (χ2n) is 5.54. The van der Waals surface area contributed by atoms with Crippen molar-refractivity contribution in [1.29, 1.82) is 0 Å². The maximum Gasteiger partial charge on any atom is 0.257 e. The van der Waals surface area contributed by atoms with Crippen LogP contribution in [0.3, 0.4) is 0 Å². The summed E-state index contributed by atoms with van der Waals surface area (Å²) in [7, 11) is 0. The molecule has 0 bridgehead atoms. The Labute approximate surface area is 137 Å². The van der Waals surface area contributed by atoms with E-state index in [0.29, 0.717) is 37.7 Å². The van der Waals surface area contributed by atoms with E-state index in [1.807, 2.05) is 0 Å². The van der Waals surface area contributed by atoms with Crippen molar-refractivity contribution in [1.82, 2.24) is 25.1 Å². The van der Waals surface area contributed by atoms with E-state index in [2.05, 4.69) is 15.5 Å². The SMILES string of the molecule is Cc1nnnn1-c1ccc(C(=O)N2CCOCC2CCO)c(F)c1. The fourth-order valence-electron chi connectivity index (χ4n) is 2.74. The van der Waals surface area contributed by atoms with E-state index in [9.17, 15) is 9.18 Å². The molecule has 1 atom stereocenters. The number of carbonyl (C=O) groups excluding carboxylic acids is 1. The second-order valence-corrected chi connectivity index (χ2v) is 5.54. The fraction of sp³-hybridized carbons (Fsp3) is 0.467. The quantitative estimate of drug-likeness (QED) is 0.866. The topological polar surface area (TPSA) is 93.4 Å². The normalized spacial score (nSPS) is 18.0. The third-order valence-electron chi connectivity index (χ3n) is 4.00. The molecular weight excluding hydrogens is 317 g/mol. The van der Waals surface area contributed by atoms with E-state index in [0.717, 1.165) is 0 Å². The molecule has 128 valence electrons. The predicted molar refractivity (Wildman–Crippen MR) is 81.2 cm³/mol. The standard InChI is InChI=1S/C15H18FN5O3/c1-10-17-18-19-21(10)11-2-3-13(14(16)8-11)15(23)20-5-7-24-9-12(20)4-6-22/h2-3,8,12,22H,4-7,9H2,1H3. The number of tetrazole rings is 1. The molecule has 8 nitrogen and oxygen atoms in total. The van der Waals surface area contributed by atoms with Crippen molar-refractivity contribution in [2.24, 2.45) is 0 Å². The van der Waals surface area contributed by atoms with E-state index < -0.39 is 11.7 Å². The largest absolute Gasteiger partial charge is 0.396 e. The first-order valence-corrected chi connectivity index (χ1v) is 7.66. The van der Waals surface area contributed by atoms with E-state index in [1.54, 1.807) is 17.9 Å². The highest BCUT2D eigenvalue weighted by molar-refractivity contribution is 5.95. The number of carbonyl (C=O) groups is 1. The van der Waals surface area contributed by atoms with E-state index in [1.165, 1.54) is 16.8 Å². The van der Waals surface area contributed by atoms with Crippen LogP contribution in [0.1, 0.15) is 22.6 Å². The Morgan fingerprint density at radius 2 is 2.33 bits per heavy atom. The van der Waals surface area contributed by atoms with Gasteiger partial charge < -0.3 is 14.7 Å². The molecule has 1 amide bonds. The molecule has 1 aliphatic heterocycles. The number of aromatic nitrogens is 4. The number of hydrogen-bond acceptors (Lipinski definition) is 6. The number of ether oxygens (including phenoxy) is 1. The van der Waals surface area contributed by atoms with Crippen LogP contribution in [-0.2, 0) is 4.74 Å². The minimum absolute atomic E-state index is 0.0192. The Bertz CT molecular complexity index is 734. The van der Waals surface area contributed by atoms with E-state index in [-0.39, 0.29) is 18.2 Å². The van der Waals surface area contributed by atoms with Gasteiger partial charge in [0, 0.05) is 19.2 Å². The molecule has 1 N–H and O–H groups in total. The average molecular weight is 335 g/mol. The molecule has 0 spiro atoms. The highest BCUT2D eigenvalue weighted by atomic mass is 19.1. The summed E-state index contributed by atoms with van der Waals surface area (Å²) in [6.45, 7) is 2.76. The molecule has 2 aromatic rings. The first-order chi connectivity index (χ1) is 11.6. The van der Waals surface area contributed by atoms with Crippen molar-refractivity contribution in [2.75, 3.05) is 26.4 Å². The van der Waals surface area contributed by atoms with Crippen LogP contribution in [0.2, 0.25) is 0 Å². The zero-order valence-electron chi connectivity index (χ0n) is 13.2. The predicted octanol–water partition coefficient (Wildman–Crippen LogP) is 0.333. The van der Waals surface area contributed by atoms with Gasteiger partial charge in [0.15, 0.2) is 5.82 Å². The Balaban J connectivity index is 1.86. The smallest absolute Gasteiger partial charge is 0.257 e. The van der Waals surface area contributed by atoms with Gasteiger partial charge in [-0.1, -0.05) is 0 Å². The number of nitrogens with zero attached hydrogens (tertiary/aromatic N) is 5. The molecule has 0 aliphatic carbocycles. The lowest BCUT2D eigenvalue weighted by Gasteiger charge is -2.35. The van der Waals surface area contributed by atoms with Crippen LogP contribution in [0.5, 0.6) is 0 Å². The minimum Gasteiger partial charge on any atom is -0.396 e. The van der Waals surface area contributed by atoms with Gasteiger partial charge in [-0.05, 0) is 35.9 Å². The summed E-state index contributed by atoms with van der Waals surface area (Å²) in [5, 5.41) is 20.2. The van der Waals surface area contributed by atoms with Crippen LogP contribution >= 0.6 is 0 Å². The van der Waals surface area contributed by atoms with Gasteiger partial charge in [-0.15, -0.1) is 5.10 Å². The molecule has 9 heteroatoms. The molecule has 0 saturated carbocycles. The van der Waals surface area contributed by atoms with Gasteiger partial charge in [-0.25, -0.2) is 4.39 Å². The van der Waals surface area contributed by atoms with Crippen LogP contribution in [-0.4, -0.2) is 68.5 Å². The monoisotopic (exact) mass is 335 g/mol. The molecular formula is C15H18FN5O3. The third-order valence-corrected chi connectivity index (χ3v) is 4.00. The van der Waals surface area contributed by atoms with Crippen molar-refractivity contribution < 1.29 is 19.0 Å². The number of hydrogen-bond donors (Lipinski definition) is 1. The summed E-state index contributed by atoms with van der Waals surface area (Å²) in [5.74, 6) is -0.527. The second kappa shape index (κ2) is 7.02. The van der Waals surface area contributed by atoms with Crippen LogP contribution in [0, 0.1) is 12.7 Å². The van der Waals surface area contributed by atoms with E-state index in [4.69, 9.17) is 9.84 Å². The number of aliphatic hydroxyl groups is 1. The summed E-state index contributed by atoms with van der Waals surface area (Å²) < 4.78 is 21.2. The highest BCUT2D eigenvalue weighted by Crippen LogP contribution is 2.19. The van der Waals surface area contributed by atoms with Crippen molar-refractivity contribution in [3.05, 3.63) is 35.4 Å².